The molecular formula is C14H14BrNO4. The summed E-state index contributed by atoms with van der Waals surface area (Å²) < 4.78 is 11.1. The molecule has 1 unspecified atom stereocenters. The lowest BCUT2D eigenvalue weighted by atomic mass is 10.2. The Morgan fingerprint density at radius 2 is 2.20 bits per heavy atom. The molecule has 6 heteroatoms. The number of para-hydroxylation sites is 1. The molecule has 1 aromatic heterocycles. The van der Waals surface area contributed by atoms with E-state index >= 15 is 0 Å². The Balaban J connectivity index is 2.15. The van der Waals surface area contributed by atoms with Gasteiger partial charge in [0.15, 0.2) is 5.76 Å². The zero-order chi connectivity index (χ0) is 14.7. The predicted octanol–water partition coefficient (Wildman–Crippen LogP) is 2.88. The van der Waals surface area contributed by atoms with Gasteiger partial charge >= 0.3 is 5.97 Å². The summed E-state index contributed by atoms with van der Waals surface area (Å²) in [5.41, 5.74) is 0.599. The van der Waals surface area contributed by atoms with Gasteiger partial charge in [-0.1, -0.05) is 12.1 Å². The molecule has 2 aromatic rings. The van der Waals surface area contributed by atoms with Gasteiger partial charge in [-0.3, -0.25) is 4.79 Å². The van der Waals surface area contributed by atoms with E-state index in [1.165, 1.54) is 0 Å². The number of rotatable bonds is 4. The van der Waals surface area contributed by atoms with Gasteiger partial charge in [0.25, 0.3) is 5.91 Å². The largest absolute Gasteiger partial charge is 0.464 e. The minimum atomic E-state index is -0.723. The third-order valence-electron chi connectivity index (χ3n) is 2.71. The Bertz CT molecular complexity index is 650. The molecular weight excluding hydrogens is 326 g/mol. The van der Waals surface area contributed by atoms with E-state index in [4.69, 9.17) is 9.15 Å². The predicted molar refractivity (Wildman–Crippen MR) is 77.5 cm³/mol. The number of furan rings is 1. The molecule has 0 bridgehead atoms. The summed E-state index contributed by atoms with van der Waals surface area (Å²) in [5.74, 6) is -0.769. The van der Waals surface area contributed by atoms with Crippen molar-refractivity contribution >= 4 is 38.8 Å². The third kappa shape index (κ3) is 3.01. The maximum absolute atomic E-state index is 12.0. The van der Waals surface area contributed by atoms with Crippen LogP contribution in [0.15, 0.2) is 33.2 Å². The average Bonchev–Trinajstić information content (AvgIpc) is 2.84. The lowest BCUT2D eigenvalue weighted by Gasteiger charge is -2.11. The number of benzene rings is 1. The van der Waals surface area contributed by atoms with Crippen LogP contribution < -0.4 is 5.32 Å². The molecule has 1 aromatic carbocycles. The van der Waals surface area contributed by atoms with Gasteiger partial charge in [0.1, 0.15) is 11.6 Å². The highest BCUT2D eigenvalue weighted by Crippen LogP contribution is 2.26. The molecule has 1 heterocycles. The molecule has 1 amide bonds. The van der Waals surface area contributed by atoms with Gasteiger partial charge in [-0.15, -0.1) is 0 Å². The van der Waals surface area contributed by atoms with Crippen molar-refractivity contribution in [1.82, 2.24) is 5.32 Å². The number of amides is 1. The fraction of sp³-hybridized carbons (Fsp3) is 0.286. The summed E-state index contributed by atoms with van der Waals surface area (Å²) in [6.07, 6.45) is 0. The fourth-order valence-electron chi connectivity index (χ4n) is 1.73. The van der Waals surface area contributed by atoms with E-state index in [-0.39, 0.29) is 12.4 Å². The number of nitrogens with one attached hydrogen (secondary N) is 1. The number of fused-ring (bicyclic) bond motifs is 1. The normalized spacial score (nSPS) is 12.2. The van der Waals surface area contributed by atoms with Crippen LogP contribution in [0.5, 0.6) is 0 Å². The molecule has 1 N–H and O–H groups in total. The van der Waals surface area contributed by atoms with Crippen LogP contribution in [0.1, 0.15) is 24.4 Å². The molecule has 0 saturated carbocycles. The summed E-state index contributed by atoms with van der Waals surface area (Å²) in [7, 11) is 0. The first-order valence-corrected chi connectivity index (χ1v) is 6.97. The van der Waals surface area contributed by atoms with Crippen molar-refractivity contribution in [3.05, 3.63) is 34.5 Å². The second-order valence-electron chi connectivity index (χ2n) is 4.22. The van der Waals surface area contributed by atoms with Crippen LogP contribution in [0.3, 0.4) is 0 Å². The third-order valence-corrected chi connectivity index (χ3v) is 3.33. The van der Waals surface area contributed by atoms with Crippen LogP contribution >= 0.6 is 15.9 Å². The summed E-state index contributed by atoms with van der Waals surface area (Å²) in [5, 5.41) is 3.35. The average molecular weight is 340 g/mol. The van der Waals surface area contributed by atoms with Crippen LogP contribution in [-0.2, 0) is 9.53 Å². The van der Waals surface area contributed by atoms with Gasteiger partial charge in [-0.05, 0) is 41.9 Å². The van der Waals surface area contributed by atoms with Crippen LogP contribution in [0.25, 0.3) is 11.0 Å². The fourth-order valence-corrected chi connectivity index (χ4v) is 2.20. The molecule has 0 aliphatic heterocycles. The molecule has 106 valence electrons. The lowest BCUT2D eigenvalue weighted by Crippen LogP contribution is -2.39. The van der Waals surface area contributed by atoms with Crippen LogP contribution in [-0.4, -0.2) is 24.5 Å². The van der Waals surface area contributed by atoms with Crippen molar-refractivity contribution in [3.63, 3.8) is 0 Å². The van der Waals surface area contributed by atoms with Crippen molar-refractivity contribution in [2.24, 2.45) is 0 Å². The van der Waals surface area contributed by atoms with E-state index in [0.29, 0.717) is 5.58 Å². The topological polar surface area (TPSA) is 68.5 Å². The SMILES string of the molecule is CCOC(=O)C(C)NC(=O)c1cc2cccc(Br)c2o1. The Morgan fingerprint density at radius 1 is 1.45 bits per heavy atom. The number of halogens is 1. The second-order valence-corrected chi connectivity index (χ2v) is 5.07. The van der Waals surface area contributed by atoms with Crippen LogP contribution in [0.4, 0.5) is 0 Å². The van der Waals surface area contributed by atoms with E-state index in [1.54, 1.807) is 19.9 Å². The van der Waals surface area contributed by atoms with E-state index in [0.717, 1.165) is 9.86 Å². The van der Waals surface area contributed by atoms with Gasteiger partial charge in [-0.25, -0.2) is 4.79 Å². The van der Waals surface area contributed by atoms with Crippen molar-refractivity contribution in [2.75, 3.05) is 6.61 Å². The maximum atomic E-state index is 12.0. The minimum absolute atomic E-state index is 0.156. The number of hydrogen-bond donors (Lipinski definition) is 1. The van der Waals surface area contributed by atoms with E-state index in [1.807, 2.05) is 18.2 Å². The Labute approximate surface area is 124 Å². The monoisotopic (exact) mass is 339 g/mol. The Hall–Kier alpha value is -1.82. The first-order valence-electron chi connectivity index (χ1n) is 6.18. The summed E-state index contributed by atoms with van der Waals surface area (Å²) in [6, 6.07) is 6.43. The molecule has 0 fully saturated rings. The highest BCUT2D eigenvalue weighted by molar-refractivity contribution is 9.10. The standard InChI is InChI=1S/C14H14BrNO4/c1-3-19-14(18)8(2)16-13(17)11-7-9-5-4-6-10(15)12(9)20-11/h4-8H,3H2,1-2H3,(H,16,17). The first kappa shape index (κ1) is 14.6. The maximum Gasteiger partial charge on any atom is 0.328 e. The number of ether oxygens (including phenoxy) is 1. The summed E-state index contributed by atoms with van der Waals surface area (Å²) in [6.45, 7) is 3.55. The molecule has 0 aliphatic carbocycles. The number of hydrogen-bond acceptors (Lipinski definition) is 4. The van der Waals surface area contributed by atoms with Gasteiger partial charge in [-0.2, -0.15) is 0 Å². The molecule has 0 radical (unpaired) electrons. The molecule has 0 saturated heterocycles. The van der Waals surface area contributed by atoms with E-state index < -0.39 is 17.9 Å². The number of esters is 1. The van der Waals surface area contributed by atoms with Gasteiger partial charge in [0.2, 0.25) is 0 Å². The van der Waals surface area contributed by atoms with Crippen molar-refractivity contribution in [1.29, 1.82) is 0 Å². The zero-order valence-corrected chi connectivity index (χ0v) is 12.7. The molecule has 1 atom stereocenters. The Morgan fingerprint density at radius 3 is 2.85 bits per heavy atom. The zero-order valence-electron chi connectivity index (χ0n) is 11.1. The highest BCUT2D eigenvalue weighted by Gasteiger charge is 2.20. The lowest BCUT2D eigenvalue weighted by molar-refractivity contribution is -0.144. The minimum Gasteiger partial charge on any atom is -0.464 e. The summed E-state index contributed by atoms with van der Waals surface area (Å²) in [4.78, 5) is 23.5. The number of carbonyl (C=O) groups excluding carboxylic acids is 2. The first-order chi connectivity index (χ1) is 9.52. The molecule has 20 heavy (non-hydrogen) atoms. The van der Waals surface area contributed by atoms with E-state index in [9.17, 15) is 9.59 Å². The summed E-state index contributed by atoms with van der Waals surface area (Å²) >= 11 is 3.35. The molecule has 0 spiro atoms. The quantitative estimate of drug-likeness (QED) is 0.869. The van der Waals surface area contributed by atoms with Crippen molar-refractivity contribution in [3.8, 4) is 0 Å². The van der Waals surface area contributed by atoms with E-state index in [2.05, 4.69) is 21.2 Å². The smallest absolute Gasteiger partial charge is 0.328 e. The van der Waals surface area contributed by atoms with Crippen molar-refractivity contribution in [2.45, 2.75) is 19.9 Å². The van der Waals surface area contributed by atoms with Gasteiger partial charge in [0.05, 0.1) is 11.1 Å². The second kappa shape index (κ2) is 6.09. The molecule has 5 nitrogen and oxygen atoms in total. The number of carbonyl (C=O) groups is 2. The van der Waals surface area contributed by atoms with Crippen LogP contribution in [0, 0.1) is 0 Å². The van der Waals surface area contributed by atoms with Gasteiger partial charge in [0, 0.05) is 5.39 Å². The van der Waals surface area contributed by atoms with Crippen LogP contribution in [0.2, 0.25) is 0 Å². The highest BCUT2D eigenvalue weighted by atomic mass is 79.9. The molecule has 0 aliphatic rings. The van der Waals surface area contributed by atoms with Gasteiger partial charge < -0.3 is 14.5 Å². The molecule has 2 rings (SSSR count). The Kier molecular flexibility index (Phi) is 4.44. The van der Waals surface area contributed by atoms with Crippen molar-refractivity contribution < 1.29 is 18.7 Å².